The van der Waals surface area contributed by atoms with Crippen molar-refractivity contribution in [1.29, 1.82) is 0 Å². The van der Waals surface area contributed by atoms with Crippen molar-refractivity contribution in [2.24, 2.45) is 0 Å². The van der Waals surface area contributed by atoms with Crippen molar-refractivity contribution in [3.8, 4) is 0 Å². The van der Waals surface area contributed by atoms with Gasteiger partial charge in [-0.25, -0.2) is 0 Å². The predicted molar refractivity (Wildman–Crippen MR) is 83.8 cm³/mol. The highest BCUT2D eigenvalue weighted by atomic mass is 32.1. The minimum absolute atomic E-state index is 0.333. The Morgan fingerprint density at radius 3 is 3.05 bits per heavy atom. The van der Waals surface area contributed by atoms with Gasteiger partial charge >= 0.3 is 0 Å². The summed E-state index contributed by atoms with van der Waals surface area (Å²) < 4.78 is 0. The number of carbonyl (C=O) groups is 1. The van der Waals surface area contributed by atoms with Crippen LogP contribution in [0.5, 0.6) is 0 Å². The minimum Gasteiger partial charge on any atom is -0.378 e. The first kappa shape index (κ1) is 12.9. The Kier molecular flexibility index (Phi) is 2.80. The van der Waals surface area contributed by atoms with Crippen LogP contribution < -0.4 is 10.2 Å². The van der Waals surface area contributed by atoms with E-state index in [2.05, 4.69) is 28.6 Å². The molecule has 2 aliphatic rings. The second kappa shape index (κ2) is 4.58. The third-order valence-electron chi connectivity index (χ3n) is 4.45. The predicted octanol–water partition coefficient (Wildman–Crippen LogP) is 2.86. The van der Waals surface area contributed by atoms with Gasteiger partial charge < -0.3 is 15.3 Å². The van der Waals surface area contributed by atoms with Crippen LogP contribution in [0, 0.1) is 0 Å². The molecule has 0 radical (unpaired) electrons. The molecule has 5 heteroatoms. The van der Waals surface area contributed by atoms with Crippen LogP contribution in [0.4, 0.5) is 11.4 Å². The van der Waals surface area contributed by atoms with E-state index in [9.17, 15) is 9.90 Å². The summed E-state index contributed by atoms with van der Waals surface area (Å²) in [4.78, 5) is 15.4. The van der Waals surface area contributed by atoms with E-state index in [-0.39, 0.29) is 5.91 Å². The molecule has 2 atom stereocenters. The Morgan fingerprint density at radius 1 is 1.33 bits per heavy atom. The van der Waals surface area contributed by atoms with Crippen LogP contribution in [0.2, 0.25) is 0 Å². The van der Waals surface area contributed by atoms with Crippen LogP contribution in [0.25, 0.3) is 0 Å². The van der Waals surface area contributed by atoms with Crippen LogP contribution >= 0.6 is 11.3 Å². The average molecular weight is 300 g/mol. The van der Waals surface area contributed by atoms with Crippen molar-refractivity contribution in [3.05, 3.63) is 45.6 Å². The highest BCUT2D eigenvalue weighted by Crippen LogP contribution is 2.39. The summed E-state index contributed by atoms with van der Waals surface area (Å²) in [6.45, 7) is 3.19. The van der Waals surface area contributed by atoms with Gasteiger partial charge in [0.15, 0.2) is 6.10 Å². The maximum Gasteiger partial charge on any atom is 0.257 e. The molecule has 0 aliphatic carbocycles. The number of aliphatic hydroxyl groups excluding tert-OH is 1. The van der Waals surface area contributed by atoms with Gasteiger partial charge in [-0.15, -0.1) is 11.3 Å². The van der Waals surface area contributed by atoms with Gasteiger partial charge in [-0.1, -0.05) is 6.07 Å². The van der Waals surface area contributed by atoms with Crippen molar-refractivity contribution in [2.45, 2.75) is 25.5 Å². The molecule has 2 unspecified atom stereocenters. The van der Waals surface area contributed by atoms with Gasteiger partial charge in [-0.3, -0.25) is 4.79 Å². The Labute approximate surface area is 127 Å². The lowest BCUT2D eigenvalue weighted by Gasteiger charge is -2.35. The standard InChI is InChI=1S/C16H16N2O2S/c1-9-11-5-7-21-14(11)4-6-18(9)10-2-3-12-13(8-10)17-16(20)15(12)19/h2-3,5,7-9,15,19H,4,6H2,1H3,(H,17,20). The maximum atomic E-state index is 11.5. The molecule has 3 heterocycles. The van der Waals surface area contributed by atoms with E-state index >= 15 is 0 Å². The molecule has 4 rings (SSSR count). The van der Waals surface area contributed by atoms with E-state index in [4.69, 9.17) is 0 Å². The van der Waals surface area contributed by atoms with Crippen LogP contribution in [-0.4, -0.2) is 17.6 Å². The number of hydrogen-bond acceptors (Lipinski definition) is 4. The number of aliphatic hydroxyl groups is 1. The molecule has 0 saturated carbocycles. The van der Waals surface area contributed by atoms with E-state index in [1.54, 1.807) is 0 Å². The summed E-state index contributed by atoms with van der Waals surface area (Å²) in [5, 5.41) is 14.7. The molecule has 108 valence electrons. The first-order chi connectivity index (χ1) is 10.1. The number of thiophene rings is 1. The van der Waals surface area contributed by atoms with Crippen LogP contribution in [-0.2, 0) is 11.2 Å². The van der Waals surface area contributed by atoms with Gasteiger partial charge in [0.05, 0.1) is 6.04 Å². The van der Waals surface area contributed by atoms with E-state index in [1.807, 2.05) is 29.5 Å². The molecule has 4 nitrogen and oxygen atoms in total. The molecule has 0 bridgehead atoms. The molecule has 2 aromatic rings. The number of amides is 1. The van der Waals surface area contributed by atoms with E-state index in [1.165, 1.54) is 10.4 Å². The van der Waals surface area contributed by atoms with Crippen molar-refractivity contribution < 1.29 is 9.90 Å². The molecular formula is C16H16N2O2S. The molecule has 1 aromatic carbocycles. The van der Waals surface area contributed by atoms with Gasteiger partial charge in [0.2, 0.25) is 0 Å². The first-order valence-corrected chi connectivity index (χ1v) is 7.99. The average Bonchev–Trinajstić information content (AvgIpc) is 3.05. The molecule has 2 N–H and O–H groups in total. The maximum absolute atomic E-state index is 11.5. The third-order valence-corrected chi connectivity index (χ3v) is 5.44. The molecule has 2 aliphatic heterocycles. The van der Waals surface area contributed by atoms with E-state index in [0.29, 0.717) is 11.6 Å². The van der Waals surface area contributed by atoms with Crippen molar-refractivity contribution >= 4 is 28.6 Å². The number of anilines is 2. The Balaban J connectivity index is 1.70. The summed E-state index contributed by atoms with van der Waals surface area (Å²) in [6, 6.07) is 8.35. The molecule has 0 spiro atoms. The summed E-state index contributed by atoms with van der Waals surface area (Å²) >= 11 is 1.83. The van der Waals surface area contributed by atoms with Gasteiger partial charge in [0.1, 0.15) is 0 Å². The number of fused-ring (bicyclic) bond motifs is 2. The Morgan fingerprint density at radius 2 is 2.19 bits per heavy atom. The molecule has 1 aromatic heterocycles. The highest BCUT2D eigenvalue weighted by Gasteiger charge is 2.30. The van der Waals surface area contributed by atoms with Crippen molar-refractivity contribution in [1.82, 2.24) is 0 Å². The lowest BCUT2D eigenvalue weighted by Crippen LogP contribution is -2.33. The van der Waals surface area contributed by atoms with Gasteiger partial charge in [0, 0.05) is 28.4 Å². The monoisotopic (exact) mass is 300 g/mol. The number of carbonyl (C=O) groups excluding carboxylic acids is 1. The van der Waals surface area contributed by atoms with Crippen molar-refractivity contribution in [3.63, 3.8) is 0 Å². The van der Waals surface area contributed by atoms with Gasteiger partial charge in [-0.05, 0) is 42.5 Å². The number of nitrogens with zero attached hydrogens (tertiary/aromatic N) is 1. The fourth-order valence-corrected chi connectivity index (χ4v) is 4.24. The van der Waals surface area contributed by atoms with Gasteiger partial charge in [-0.2, -0.15) is 0 Å². The fraction of sp³-hybridized carbons (Fsp3) is 0.312. The SMILES string of the molecule is CC1c2ccsc2CCN1c1ccc2c(c1)NC(=O)C2O. The zero-order chi connectivity index (χ0) is 14.6. The number of nitrogens with one attached hydrogen (secondary N) is 1. The van der Waals surface area contributed by atoms with Gasteiger partial charge in [0.25, 0.3) is 5.91 Å². The molecule has 0 saturated heterocycles. The molecular weight excluding hydrogens is 284 g/mol. The third kappa shape index (κ3) is 1.88. The second-order valence-electron chi connectivity index (χ2n) is 5.58. The fourth-order valence-electron chi connectivity index (χ4n) is 3.27. The lowest BCUT2D eigenvalue weighted by atomic mass is 10.00. The van der Waals surface area contributed by atoms with E-state index in [0.717, 1.165) is 24.3 Å². The summed E-state index contributed by atoms with van der Waals surface area (Å²) in [7, 11) is 0. The highest BCUT2D eigenvalue weighted by molar-refractivity contribution is 7.10. The van der Waals surface area contributed by atoms with Crippen LogP contribution in [0.3, 0.4) is 0 Å². The smallest absolute Gasteiger partial charge is 0.257 e. The van der Waals surface area contributed by atoms with Crippen LogP contribution in [0.1, 0.15) is 35.1 Å². The lowest BCUT2D eigenvalue weighted by molar-refractivity contribution is -0.123. The number of hydrogen-bond donors (Lipinski definition) is 2. The quantitative estimate of drug-likeness (QED) is 0.851. The topological polar surface area (TPSA) is 52.6 Å². The van der Waals surface area contributed by atoms with Crippen molar-refractivity contribution in [2.75, 3.05) is 16.8 Å². The van der Waals surface area contributed by atoms with E-state index < -0.39 is 6.10 Å². The zero-order valence-electron chi connectivity index (χ0n) is 11.7. The normalized spacial score (nSPS) is 23.7. The molecule has 1 amide bonds. The molecule has 0 fully saturated rings. The summed E-state index contributed by atoms with van der Waals surface area (Å²) in [6.07, 6.45) is 0.0277. The Bertz CT molecular complexity index is 725. The Hall–Kier alpha value is -1.85. The number of rotatable bonds is 1. The summed E-state index contributed by atoms with van der Waals surface area (Å²) in [5.74, 6) is -0.339. The summed E-state index contributed by atoms with van der Waals surface area (Å²) in [5.41, 5.74) is 3.89. The molecule has 21 heavy (non-hydrogen) atoms. The van der Waals surface area contributed by atoms with Crippen LogP contribution in [0.15, 0.2) is 29.6 Å². The first-order valence-electron chi connectivity index (χ1n) is 7.11. The number of benzene rings is 1. The second-order valence-corrected chi connectivity index (χ2v) is 6.58. The largest absolute Gasteiger partial charge is 0.378 e. The minimum atomic E-state index is -1.03. The zero-order valence-corrected chi connectivity index (χ0v) is 12.5.